The van der Waals surface area contributed by atoms with Crippen LogP contribution in [0.15, 0.2) is 116 Å². The molecular weight excluding hydrogens is 1710 g/mol. The van der Waals surface area contributed by atoms with Crippen molar-refractivity contribution in [2.75, 3.05) is 24.6 Å². The molecule has 2 aliphatic rings. The molecule has 0 bridgehead atoms. The molecule has 6 atom stereocenters. The van der Waals surface area contributed by atoms with Gasteiger partial charge in [0, 0.05) is 65.7 Å². The molecular formula is C76H87B4ClF18N10O15. The van der Waals surface area contributed by atoms with E-state index in [1.807, 2.05) is 11.9 Å². The molecule has 0 saturated carbocycles. The minimum Gasteiger partial charge on any atom is -0.471 e. The number of esters is 2. The van der Waals surface area contributed by atoms with E-state index in [1.165, 1.54) is 11.0 Å². The number of likely N-dealkylation sites (tertiary alicyclic amines) is 2. The van der Waals surface area contributed by atoms with Crippen LogP contribution < -0.4 is 40.7 Å². The van der Waals surface area contributed by atoms with Gasteiger partial charge >= 0.3 is 67.3 Å². The van der Waals surface area contributed by atoms with Gasteiger partial charge in [0.15, 0.2) is 22.2 Å². The summed E-state index contributed by atoms with van der Waals surface area (Å²) in [5.41, 5.74) is 2.79. The number of alkyl halides is 18. The number of H-pyrrole nitrogens is 1. The zero-order chi connectivity index (χ0) is 94.4. The Bertz CT molecular complexity index is 4930. The van der Waals surface area contributed by atoms with Crippen LogP contribution in [0.4, 0.5) is 100.0 Å². The fraction of sp³-hybridized carbons (Fsp3) is 0.474. The molecule has 7 aromatic rings. The van der Waals surface area contributed by atoms with Crippen LogP contribution >= 0.6 is 11.6 Å². The number of nitrogen functional groups attached to an aromatic ring is 2. The van der Waals surface area contributed by atoms with Crippen molar-refractivity contribution in [3.8, 4) is 28.9 Å². The molecule has 2 amide bonds. The topological polar surface area (TPSA) is 327 Å². The summed E-state index contributed by atoms with van der Waals surface area (Å²) in [4.78, 5) is 85.9. The number of hydrogen-bond donors (Lipinski definition) is 4. The molecule has 124 heavy (non-hydrogen) atoms. The second kappa shape index (κ2) is 41.8. The molecule has 2 saturated heterocycles. The maximum Gasteiger partial charge on any atom is 0.573 e. The molecule has 4 aromatic carbocycles. The number of aromatic nitrogens is 6. The van der Waals surface area contributed by atoms with E-state index in [-0.39, 0.29) is 89.2 Å². The van der Waals surface area contributed by atoms with Crippen molar-refractivity contribution >= 4 is 110 Å². The van der Waals surface area contributed by atoms with Gasteiger partial charge in [0.05, 0.1) is 63.7 Å². The minimum atomic E-state index is -5.00. The third-order valence-electron chi connectivity index (χ3n) is 15.5. The minimum absolute atomic E-state index is 0. The number of nitrogens with two attached hydrogens (primary N) is 2. The normalized spacial score (nSPS) is 17.0. The van der Waals surface area contributed by atoms with Gasteiger partial charge in [-0.3, -0.25) is 14.6 Å². The summed E-state index contributed by atoms with van der Waals surface area (Å²) in [6, 6.07) is 9.86. The number of ether oxygens (including phenoxy) is 9. The van der Waals surface area contributed by atoms with Gasteiger partial charge in [0.1, 0.15) is 63.6 Å². The van der Waals surface area contributed by atoms with Crippen molar-refractivity contribution in [1.82, 2.24) is 39.7 Å². The van der Waals surface area contributed by atoms with E-state index in [9.17, 15) is 108 Å². The van der Waals surface area contributed by atoms with Crippen molar-refractivity contribution in [2.45, 2.75) is 207 Å². The quantitative estimate of drug-likeness (QED) is 0.0174. The fourth-order valence-corrected chi connectivity index (χ4v) is 11.1. The Morgan fingerprint density at radius 2 is 0.831 bits per heavy atom. The summed E-state index contributed by atoms with van der Waals surface area (Å²) < 4.78 is 272. The Morgan fingerprint density at radius 3 is 1.22 bits per heavy atom. The summed E-state index contributed by atoms with van der Waals surface area (Å²) >= 11 is 5.59. The van der Waals surface area contributed by atoms with Crippen LogP contribution in [-0.4, -0.2) is 184 Å². The number of benzene rings is 4. The number of amides is 2. The van der Waals surface area contributed by atoms with Crippen LogP contribution in [-0.2, 0) is 46.3 Å². The van der Waals surface area contributed by atoms with Crippen molar-refractivity contribution in [3.63, 3.8) is 0 Å². The third kappa shape index (κ3) is 33.7. The van der Waals surface area contributed by atoms with Gasteiger partial charge in [-0.15, -0.1) is 52.7 Å². The van der Waals surface area contributed by atoms with Crippen molar-refractivity contribution in [3.05, 3.63) is 143 Å². The van der Waals surface area contributed by atoms with Gasteiger partial charge in [0.25, 0.3) is 5.56 Å². The number of carbonyl (C=O) groups is 4. The molecule has 6 radical (unpaired) electrons. The van der Waals surface area contributed by atoms with Crippen LogP contribution in [0.1, 0.15) is 134 Å². The number of anilines is 2. The maximum absolute atomic E-state index is 15.0. The number of nitrogens with one attached hydrogen (secondary N) is 1. The molecule has 48 heteroatoms. The van der Waals surface area contributed by atoms with E-state index in [2.05, 4.69) is 86.8 Å². The number of carbonyl (C=O) groups excluding carboxylic acids is 4. The van der Waals surface area contributed by atoms with Crippen LogP contribution in [0.5, 0.6) is 28.9 Å². The Morgan fingerprint density at radius 1 is 0.492 bits per heavy atom. The number of halogens is 19. The van der Waals surface area contributed by atoms with Gasteiger partial charge in [0.2, 0.25) is 5.88 Å². The predicted molar refractivity (Wildman–Crippen MR) is 424 cm³/mol. The van der Waals surface area contributed by atoms with Crippen LogP contribution in [0.25, 0.3) is 33.1 Å². The standard InChI is InChI=1S/C28H34F5N3O6.C16H29NO5.C12H6ClF5N2O.C12H7F5N2O2.C7H7F3N2O.CH4.B4/c1-9-16-19(14-36(24(38)42-26(6,7)8)20(16)23(37)41-25(3,4)5)39-22-21(27(29,30)10-2)34-17-12-11-15(13-18(17)35-22)40-28(31,32)33;1-8-10-11(18)9-17(14(20)22-16(5,6)7)12(10)13(19)21-15(2,3)4;1-2-11(14,15)9-10(13)20-8-5-6(21-12(16,17)18)3-4-7(8)19-9;1-2-11(13,14)9-10(20)19-8-5-6(21-12(15,16)17)3-4-7(8)18-9;8-7(9,10)13-4-1-2-5(11)6(12)3-4;;1-4(2)3/h10-13,16,19-20H,2,9,14H2,1,3-8H3;10-12,18H,8-9H2,1-7H3;2-5H,1H2;2-5H,1H2,(H,19,20);1-3H,11-12H2;1H4;/t16-,19+,20+;10-,11+,12+;;;;;/m11...../s1. The Hall–Kier alpha value is -10.8. The van der Waals surface area contributed by atoms with E-state index < -0.39 is 177 Å². The summed E-state index contributed by atoms with van der Waals surface area (Å²) in [6.07, 6.45) is -21.7. The lowest BCUT2D eigenvalue weighted by Crippen LogP contribution is -2.47. The van der Waals surface area contributed by atoms with E-state index in [1.54, 1.807) is 90.0 Å². The highest BCUT2D eigenvalue weighted by molar-refractivity contribution is 7.49. The van der Waals surface area contributed by atoms with Gasteiger partial charge in [-0.2, -0.15) is 26.3 Å². The van der Waals surface area contributed by atoms with Gasteiger partial charge < -0.3 is 64.2 Å². The summed E-state index contributed by atoms with van der Waals surface area (Å²) in [7, 11) is 14.0. The number of aliphatic hydroxyl groups excluding tert-OH is 1. The molecule has 2 aliphatic heterocycles. The Kier molecular flexibility index (Phi) is 36.2. The monoisotopic (exact) mass is 1800 g/mol. The highest BCUT2D eigenvalue weighted by Gasteiger charge is 2.53. The number of hydrogen-bond acceptors (Lipinski definition) is 22. The molecule has 0 spiro atoms. The number of fused-ring (bicyclic) bond motifs is 3. The Balaban J connectivity index is 0.000000416. The lowest BCUT2D eigenvalue weighted by molar-refractivity contribution is -0.275. The highest BCUT2D eigenvalue weighted by atomic mass is 35.5. The molecule has 5 heterocycles. The maximum atomic E-state index is 15.0. The zero-order valence-electron chi connectivity index (χ0n) is 68.0. The number of allylic oxidation sites excluding steroid dienone is 3. The molecule has 9 rings (SSSR count). The first kappa shape index (κ1) is 107. The average Bonchev–Trinajstić information content (AvgIpc) is 1.41. The lowest BCUT2D eigenvalue weighted by Gasteiger charge is -2.31. The lowest BCUT2D eigenvalue weighted by atomic mass is 9.08. The number of nitrogens with zero attached hydrogens (tertiary/aromatic N) is 7. The molecule has 2 fully saturated rings. The number of aliphatic hydroxyl groups is 1. The average molecular weight is 1800 g/mol. The molecule has 0 unspecified atom stereocenters. The smallest absolute Gasteiger partial charge is 0.471 e. The van der Waals surface area contributed by atoms with E-state index in [4.69, 9.17) is 46.8 Å². The Labute approximate surface area is 708 Å². The zero-order valence-corrected chi connectivity index (χ0v) is 68.8. The summed E-state index contributed by atoms with van der Waals surface area (Å²) in [5, 5.41) is 9.54. The number of rotatable bonds is 16. The first-order valence-corrected chi connectivity index (χ1v) is 36.4. The molecule has 0 aliphatic carbocycles. The fourth-order valence-electron chi connectivity index (χ4n) is 10.8. The van der Waals surface area contributed by atoms with Crippen molar-refractivity contribution in [1.29, 1.82) is 0 Å². The highest BCUT2D eigenvalue weighted by Crippen LogP contribution is 2.42. The van der Waals surface area contributed by atoms with Crippen molar-refractivity contribution < 1.29 is 146 Å². The first-order valence-electron chi connectivity index (χ1n) is 36.0. The second-order valence-electron chi connectivity index (χ2n) is 30.3. The first-order chi connectivity index (χ1) is 55.8. The van der Waals surface area contributed by atoms with Crippen LogP contribution in [0, 0.1) is 11.8 Å². The number of aromatic amines is 1. The second-order valence-corrected chi connectivity index (χ2v) is 30.6. The summed E-state index contributed by atoms with van der Waals surface area (Å²) in [5.74, 6) is -16.2. The van der Waals surface area contributed by atoms with Crippen molar-refractivity contribution in [2.24, 2.45) is 11.8 Å². The molecule has 3 aromatic heterocycles. The van der Waals surface area contributed by atoms with E-state index >= 15 is 0 Å². The third-order valence-corrected chi connectivity index (χ3v) is 15.8. The molecule has 25 nitrogen and oxygen atoms in total. The van der Waals surface area contributed by atoms with Crippen LogP contribution in [0.3, 0.4) is 0 Å². The predicted octanol–water partition coefficient (Wildman–Crippen LogP) is 17.3. The van der Waals surface area contributed by atoms with E-state index in [0.29, 0.717) is 18.6 Å². The van der Waals surface area contributed by atoms with E-state index in [0.717, 1.165) is 71.6 Å². The van der Waals surface area contributed by atoms with Gasteiger partial charge in [-0.05, 0) is 163 Å². The molecule has 676 valence electrons. The largest absolute Gasteiger partial charge is 0.573 e. The van der Waals surface area contributed by atoms with Crippen LogP contribution in [0.2, 0.25) is 5.15 Å². The molecule has 6 N–H and O–H groups in total. The van der Waals surface area contributed by atoms with Gasteiger partial charge in [-0.1, -0.05) is 52.6 Å². The van der Waals surface area contributed by atoms with Gasteiger partial charge in [-0.25, -0.2) is 44.1 Å². The summed E-state index contributed by atoms with van der Waals surface area (Å²) in [6.45, 7) is 32.9. The number of β-amino-alcohol motifs (C(OH)–C–C–N with tert-alkyl or cyclic N) is 1. The SMILES string of the molecule is C.C=CC(F)(F)c1nc2ccc(OC(F)(F)F)cc2[nH]c1=O.C=CC(F)(F)c1nc2ccc(OC(F)(F)F)cc2nc1Cl.C=CC(F)(F)c1nc2ccc(OC(F)(F)F)cc2nc1O[C@H]1CN(C(=O)OC(C)(C)C)[C@H](C(=O)OC(C)(C)C)[C@@H]1CC.CC[C@H]1[C@@H](C(=O)OC(C)(C)C)N(C(=O)OC(C)(C)C)C[C@@H]1O.Nc1ccc(OC(F)(F)F)cc1N.[B]B([B])[B].